The number of benzene rings is 1. The van der Waals surface area contributed by atoms with Crippen LogP contribution in [0.15, 0.2) is 23.1 Å². The van der Waals surface area contributed by atoms with Gasteiger partial charge in [-0.05, 0) is 30.2 Å². The van der Waals surface area contributed by atoms with Gasteiger partial charge in [0.1, 0.15) is 0 Å². The Bertz CT molecular complexity index is 287. The quantitative estimate of drug-likeness (QED) is 0.632. The van der Waals surface area contributed by atoms with Gasteiger partial charge in [0, 0.05) is 9.92 Å². The van der Waals surface area contributed by atoms with Crippen LogP contribution in [0.1, 0.15) is 5.56 Å². The minimum absolute atomic E-state index is 0.538. The average molecular weight is 250 g/mol. The van der Waals surface area contributed by atoms with Crippen molar-refractivity contribution >= 4 is 39.3 Å². The zero-order valence-corrected chi connectivity index (χ0v) is 8.84. The van der Waals surface area contributed by atoms with Gasteiger partial charge in [0.2, 0.25) is 0 Å². The first-order chi connectivity index (χ1) is 5.25. The molecule has 11 heavy (non-hydrogen) atoms. The van der Waals surface area contributed by atoms with Crippen molar-refractivity contribution in [2.45, 2.75) is 15.5 Å². The summed E-state index contributed by atoms with van der Waals surface area (Å²) in [6, 6.07) is 6.08. The van der Waals surface area contributed by atoms with E-state index in [1.54, 1.807) is 0 Å². The van der Waals surface area contributed by atoms with Gasteiger partial charge in [0.05, 0.1) is 4.16 Å². The van der Waals surface area contributed by atoms with Gasteiger partial charge >= 0.3 is 0 Å². The molecule has 0 radical (unpaired) electrons. The lowest BCUT2D eigenvalue weighted by Crippen LogP contribution is -1.85. The third-order valence-corrected chi connectivity index (χ3v) is 3.85. The highest BCUT2D eigenvalue weighted by atomic mass is 79.9. The standard InChI is InChI=1S/C8H6BrClS/c9-8-4-5-3-6(10)1-2-7(5)11-8/h1-3,8H,4H2. The van der Waals surface area contributed by atoms with E-state index in [0.717, 1.165) is 11.4 Å². The van der Waals surface area contributed by atoms with Crippen molar-refractivity contribution in [2.24, 2.45) is 0 Å². The highest BCUT2D eigenvalue weighted by Gasteiger charge is 2.19. The third kappa shape index (κ3) is 1.58. The Balaban J connectivity index is 2.43. The summed E-state index contributed by atoms with van der Waals surface area (Å²) in [5, 5.41) is 0.839. The highest BCUT2D eigenvalue weighted by molar-refractivity contribution is 9.11. The maximum absolute atomic E-state index is 5.85. The number of hydrogen-bond acceptors (Lipinski definition) is 1. The predicted molar refractivity (Wildman–Crippen MR) is 53.7 cm³/mol. The molecular formula is C8H6BrClS. The molecule has 2 rings (SSSR count). The second kappa shape index (κ2) is 3.00. The van der Waals surface area contributed by atoms with E-state index in [1.165, 1.54) is 10.5 Å². The number of fused-ring (bicyclic) bond motifs is 1. The normalized spacial score (nSPS) is 21.8. The highest BCUT2D eigenvalue weighted by Crippen LogP contribution is 2.40. The molecule has 3 heteroatoms. The summed E-state index contributed by atoms with van der Waals surface area (Å²) < 4.78 is 0.538. The van der Waals surface area contributed by atoms with Gasteiger partial charge in [0.15, 0.2) is 0 Å². The Morgan fingerprint density at radius 2 is 2.36 bits per heavy atom. The van der Waals surface area contributed by atoms with E-state index in [-0.39, 0.29) is 0 Å². The van der Waals surface area contributed by atoms with E-state index < -0.39 is 0 Å². The van der Waals surface area contributed by atoms with Gasteiger partial charge in [-0.25, -0.2) is 0 Å². The largest absolute Gasteiger partial charge is 0.110 e. The van der Waals surface area contributed by atoms with E-state index in [1.807, 2.05) is 23.9 Å². The fourth-order valence-electron chi connectivity index (χ4n) is 1.17. The summed E-state index contributed by atoms with van der Waals surface area (Å²) in [7, 11) is 0. The maximum Gasteiger partial charge on any atom is 0.0688 e. The lowest BCUT2D eigenvalue weighted by Gasteiger charge is -1.95. The summed E-state index contributed by atoms with van der Waals surface area (Å²) in [6.07, 6.45) is 1.08. The second-order valence-electron chi connectivity index (χ2n) is 2.48. The van der Waals surface area contributed by atoms with Crippen molar-refractivity contribution in [2.75, 3.05) is 0 Å². The smallest absolute Gasteiger partial charge is 0.0688 e. The molecule has 0 fully saturated rings. The SMILES string of the molecule is Clc1ccc2c(c1)CC(Br)S2. The molecule has 1 heterocycles. The molecule has 0 N–H and O–H groups in total. The number of alkyl halides is 1. The molecule has 58 valence electrons. The van der Waals surface area contributed by atoms with E-state index in [0.29, 0.717) is 4.16 Å². The molecule has 0 saturated carbocycles. The molecule has 1 atom stereocenters. The fraction of sp³-hybridized carbons (Fsp3) is 0.250. The lowest BCUT2D eigenvalue weighted by atomic mass is 10.2. The van der Waals surface area contributed by atoms with Crippen molar-refractivity contribution in [1.29, 1.82) is 0 Å². The van der Waals surface area contributed by atoms with Crippen LogP contribution < -0.4 is 0 Å². The Hall–Kier alpha value is 0.340. The Labute approximate surface area is 83.4 Å². The van der Waals surface area contributed by atoms with Gasteiger partial charge in [-0.2, -0.15) is 0 Å². The number of thioether (sulfide) groups is 1. The van der Waals surface area contributed by atoms with Crippen LogP contribution in [0.25, 0.3) is 0 Å². The molecule has 0 nitrogen and oxygen atoms in total. The molecule has 0 aromatic heterocycles. The van der Waals surface area contributed by atoms with Crippen molar-refractivity contribution in [3.05, 3.63) is 28.8 Å². The van der Waals surface area contributed by atoms with Gasteiger partial charge < -0.3 is 0 Å². The first-order valence-corrected chi connectivity index (χ1v) is 5.52. The number of halogens is 2. The van der Waals surface area contributed by atoms with E-state index in [4.69, 9.17) is 11.6 Å². The molecule has 0 aliphatic carbocycles. The second-order valence-corrected chi connectivity index (χ2v) is 5.88. The van der Waals surface area contributed by atoms with Crippen LogP contribution in [0.3, 0.4) is 0 Å². The van der Waals surface area contributed by atoms with Gasteiger partial charge in [-0.3, -0.25) is 0 Å². The van der Waals surface area contributed by atoms with Crippen LogP contribution in [-0.4, -0.2) is 4.16 Å². The molecule has 1 aliphatic rings. The molecule has 0 spiro atoms. The molecule has 1 aromatic carbocycles. The average Bonchev–Trinajstić information content (AvgIpc) is 2.27. The van der Waals surface area contributed by atoms with Crippen LogP contribution >= 0.6 is 39.3 Å². The molecule has 1 aliphatic heterocycles. The lowest BCUT2D eigenvalue weighted by molar-refractivity contribution is 1.12. The first-order valence-electron chi connectivity index (χ1n) is 3.35. The van der Waals surface area contributed by atoms with Crippen LogP contribution in [0.5, 0.6) is 0 Å². The van der Waals surface area contributed by atoms with E-state index >= 15 is 0 Å². The number of rotatable bonds is 0. The Morgan fingerprint density at radius 3 is 3.18 bits per heavy atom. The first kappa shape index (κ1) is 7.96. The summed E-state index contributed by atoms with van der Waals surface area (Å²) >= 11 is 11.3. The maximum atomic E-state index is 5.85. The minimum Gasteiger partial charge on any atom is -0.110 e. The van der Waals surface area contributed by atoms with E-state index in [9.17, 15) is 0 Å². The zero-order valence-electron chi connectivity index (χ0n) is 5.68. The third-order valence-electron chi connectivity index (χ3n) is 1.66. The van der Waals surface area contributed by atoms with Gasteiger partial charge in [-0.15, -0.1) is 11.8 Å². The number of hydrogen-bond donors (Lipinski definition) is 0. The van der Waals surface area contributed by atoms with Crippen LogP contribution in [-0.2, 0) is 6.42 Å². The molecular weight excluding hydrogens is 244 g/mol. The monoisotopic (exact) mass is 248 g/mol. The van der Waals surface area contributed by atoms with Crippen LogP contribution in [0.2, 0.25) is 5.02 Å². The van der Waals surface area contributed by atoms with Gasteiger partial charge in [0.25, 0.3) is 0 Å². The zero-order chi connectivity index (χ0) is 7.84. The summed E-state index contributed by atoms with van der Waals surface area (Å²) in [6.45, 7) is 0. The molecule has 0 amide bonds. The van der Waals surface area contributed by atoms with E-state index in [2.05, 4.69) is 22.0 Å². The van der Waals surface area contributed by atoms with Crippen molar-refractivity contribution in [1.82, 2.24) is 0 Å². The van der Waals surface area contributed by atoms with Crippen molar-refractivity contribution in [3.63, 3.8) is 0 Å². The van der Waals surface area contributed by atoms with Crippen molar-refractivity contribution in [3.8, 4) is 0 Å². The minimum atomic E-state index is 0.538. The summed E-state index contributed by atoms with van der Waals surface area (Å²) in [5.74, 6) is 0. The van der Waals surface area contributed by atoms with Gasteiger partial charge in [-0.1, -0.05) is 27.5 Å². The summed E-state index contributed by atoms with van der Waals surface area (Å²) in [5.41, 5.74) is 1.37. The fourth-order valence-corrected chi connectivity index (χ4v) is 3.30. The molecule has 0 saturated heterocycles. The Morgan fingerprint density at radius 1 is 1.55 bits per heavy atom. The molecule has 1 aromatic rings. The van der Waals surface area contributed by atoms with Crippen LogP contribution in [0.4, 0.5) is 0 Å². The van der Waals surface area contributed by atoms with Crippen molar-refractivity contribution < 1.29 is 0 Å². The Kier molecular flexibility index (Phi) is 2.17. The van der Waals surface area contributed by atoms with Crippen LogP contribution in [0, 0.1) is 0 Å². The molecule has 0 bridgehead atoms. The molecule has 1 unspecified atom stereocenters. The topological polar surface area (TPSA) is 0 Å². The predicted octanol–water partition coefficient (Wildman–Crippen LogP) is 3.71. The summed E-state index contributed by atoms with van der Waals surface area (Å²) in [4.78, 5) is 1.36.